The lowest BCUT2D eigenvalue weighted by molar-refractivity contribution is -0.121. The highest BCUT2D eigenvalue weighted by Crippen LogP contribution is 2.32. The fourth-order valence-electron chi connectivity index (χ4n) is 4.24. The number of carbonyl (C=O) groups excluding carboxylic acids is 2. The van der Waals surface area contributed by atoms with Crippen molar-refractivity contribution in [3.8, 4) is 11.5 Å². The number of hydrogen-bond donors (Lipinski definition) is 1. The van der Waals surface area contributed by atoms with Crippen molar-refractivity contribution in [2.24, 2.45) is 5.92 Å². The molecule has 2 aromatic rings. The quantitative estimate of drug-likeness (QED) is 0.739. The van der Waals surface area contributed by atoms with Crippen LogP contribution in [0.3, 0.4) is 0 Å². The van der Waals surface area contributed by atoms with Crippen molar-refractivity contribution >= 4 is 11.7 Å². The molecule has 2 aliphatic rings. The van der Waals surface area contributed by atoms with Gasteiger partial charge in [0.1, 0.15) is 29.7 Å². The van der Waals surface area contributed by atoms with Gasteiger partial charge in [-0.3, -0.25) is 9.59 Å². The molecule has 176 valence electrons. The Morgan fingerprint density at radius 3 is 2.64 bits per heavy atom. The number of carbonyl (C=O) groups is 2. The normalized spacial score (nSPS) is 16.9. The zero-order valence-corrected chi connectivity index (χ0v) is 18.7. The van der Waals surface area contributed by atoms with Crippen molar-refractivity contribution in [3.63, 3.8) is 0 Å². The summed E-state index contributed by atoms with van der Waals surface area (Å²) in [7, 11) is 0. The summed E-state index contributed by atoms with van der Waals surface area (Å²) < 4.78 is 39.3. The molecule has 0 spiro atoms. The number of benzene rings is 2. The van der Waals surface area contributed by atoms with E-state index in [9.17, 15) is 23.5 Å². The summed E-state index contributed by atoms with van der Waals surface area (Å²) in [4.78, 5) is 26.2. The Balaban J connectivity index is 1.37. The predicted molar refractivity (Wildman–Crippen MR) is 116 cm³/mol. The molecule has 1 saturated heterocycles. The number of likely N-dealkylation sites (tertiary alicyclic amines) is 1. The standard InChI is InChI=1S/C25H27F2NO5/c1-25(2,31)20-11-17(26)3-4-22(20)32-13-15-5-7-28(8-6-15)24(30)19-10-16-9-18(29)14-33-23(16)12-21(19)27/h3-4,10-12,15,31H,5-9,13-14H2,1-2H3. The number of aliphatic hydroxyl groups is 1. The first-order valence-electron chi connectivity index (χ1n) is 11.0. The van der Waals surface area contributed by atoms with Gasteiger partial charge in [-0.2, -0.15) is 0 Å². The van der Waals surface area contributed by atoms with Gasteiger partial charge in [0.05, 0.1) is 17.8 Å². The van der Waals surface area contributed by atoms with Crippen molar-refractivity contribution < 1.29 is 33.0 Å². The number of ether oxygens (including phenoxy) is 2. The minimum absolute atomic E-state index is 0.0529. The lowest BCUT2D eigenvalue weighted by atomic mass is 9.95. The number of halogens is 2. The van der Waals surface area contributed by atoms with Crippen LogP contribution >= 0.6 is 0 Å². The summed E-state index contributed by atoms with van der Waals surface area (Å²) in [5.74, 6) is -0.724. The molecule has 0 unspecified atom stereocenters. The molecule has 2 aliphatic heterocycles. The summed E-state index contributed by atoms with van der Waals surface area (Å²) in [5.41, 5.74) is -0.397. The molecule has 8 heteroatoms. The van der Waals surface area contributed by atoms with Gasteiger partial charge in [-0.25, -0.2) is 8.78 Å². The van der Waals surface area contributed by atoms with Crippen LogP contribution in [0.25, 0.3) is 0 Å². The van der Waals surface area contributed by atoms with Crippen LogP contribution in [0.5, 0.6) is 11.5 Å². The van der Waals surface area contributed by atoms with Crippen LogP contribution in [0.4, 0.5) is 8.78 Å². The molecular weight excluding hydrogens is 432 g/mol. The van der Waals surface area contributed by atoms with Crippen LogP contribution in [0.15, 0.2) is 30.3 Å². The second-order valence-corrected chi connectivity index (χ2v) is 9.19. The molecule has 4 rings (SSSR count). The molecule has 0 bridgehead atoms. The summed E-state index contributed by atoms with van der Waals surface area (Å²) in [5, 5.41) is 10.3. The Hall–Kier alpha value is -3.00. The summed E-state index contributed by atoms with van der Waals surface area (Å²) in [6.45, 7) is 4.32. The zero-order chi connectivity index (χ0) is 23.8. The average molecular weight is 459 g/mol. The average Bonchev–Trinajstić information content (AvgIpc) is 2.77. The van der Waals surface area contributed by atoms with Crippen molar-refractivity contribution in [2.75, 3.05) is 26.3 Å². The van der Waals surface area contributed by atoms with Crippen LogP contribution in [0.1, 0.15) is 48.2 Å². The van der Waals surface area contributed by atoms with Gasteiger partial charge in [-0.1, -0.05) is 0 Å². The van der Waals surface area contributed by atoms with E-state index in [0.29, 0.717) is 55.2 Å². The Labute approximate surface area is 191 Å². The molecule has 1 N–H and O–H groups in total. The lowest BCUT2D eigenvalue weighted by Gasteiger charge is -2.32. The number of fused-ring (bicyclic) bond motifs is 1. The third-order valence-electron chi connectivity index (χ3n) is 6.13. The second-order valence-electron chi connectivity index (χ2n) is 9.19. The van der Waals surface area contributed by atoms with E-state index in [1.54, 1.807) is 18.7 Å². The number of nitrogens with zero attached hydrogens (tertiary/aromatic N) is 1. The van der Waals surface area contributed by atoms with Gasteiger partial charge in [0.15, 0.2) is 5.78 Å². The highest BCUT2D eigenvalue weighted by atomic mass is 19.1. The van der Waals surface area contributed by atoms with Crippen LogP contribution in [-0.4, -0.2) is 48.0 Å². The SMILES string of the molecule is CC(C)(O)c1cc(F)ccc1OCC1CCN(C(=O)c2cc3c(cc2F)OCC(=O)C3)CC1. The number of ketones is 1. The number of Topliss-reactive ketones (excluding diaryl/α,β-unsaturated/α-hetero) is 1. The topological polar surface area (TPSA) is 76.1 Å². The fourth-order valence-corrected chi connectivity index (χ4v) is 4.24. The van der Waals surface area contributed by atoms with E-state index in [1.807, 2.05) is 0 Å². The van der Waals surface area contributed by atoms with E-state index in [0.717, 1.165) is 0 Å². The summed E-state index contributed by atoms with van der Waals surface area (Å²) in [6.07, 6.45) is 1.46. The van der Waals surface area contributed by atoms with Crippen LogP contribution in [-0.2, 0) is 16.8 Å². The smallest absolute Gasteiger partial charge is 0.256 e. The predicted octanol–water partition coefficient (Wildman–Crippen LogP) is 3.63. The molecule has 0 aromatic heterocycles. The lowest BCUT2D eigenvalue weighted by Crippen LogP contribution is -2.40. The second kappa shape index (κ2) is 9.09. The minimum Gasteiger partial charge on any atom is -0.493 e. The maximum absolute atomic E-state index is 14.5. The maximum Gasteiger partial charge on any atom is 0.256 e. The van der Waals surface area contributed by atoms with Crippen molar-refractivity contribution in [3.05, 3.63) is 58.7 Å². The summed E-state index contributed by atoms with van der Waals surface area (Å²) in [6, 6.07) is 6.67. The first-order valence-corrected chi connectivity index (χ1v) is 11.0. The first kappa shape index (κ1) is 23.2. The summed E-state index contributed by atoms with van der Waals surface area (Å²) >= 11 is 0. The number of rotatable bonds is 5. The van der Waals surface area contributed by atoms with Crippen LogP contribution < -0.4 is 9.47 Å². The molecule has 0 aliphatic carbocycles. The van der Waals surface area contributed by atoms with E-state index >= 15 is 0 Å². The third-order valence-corrected chi connectivity index (χ3v) is 6.13. The van der Waals surface area contributed by atoms with Gasteiger partial charge >= 0.3 is 0 Å². The highest BCUT2D eigenvalue weighted by molar-refractivity contribution is 5.95. The van der Waals surface area contributed by atoms with Crippen molar-refractivity contribution in [2.45, 2.75) is 38.7 Å². The van der Waals surface area contributed by atoms with E-state index in [1.165, 1.54) is 30.3 Å². The van der Waals surface area contributed by atoms with Crippen LogP contribution in [0.2, 0.25) is 0 Å². The molecule has 2 aromatic carbocycles. The zero-order valence-electron chi connectivity index (χ0n) is 18.7. The van der Waals surface area contributed by atoms with Gasteiger partial charge in [-0.15, -0.1) is 0 Å². The Kier molecular flexibility index (Phi) is 6.38. The van der Waals surface area contributed by atoms with Crippen molar-refractivity contribution in [1.29, 1.82) is 0 Å². The monoisotopic (exact) mass is 459 g/mol. The van der Waals surface area contributed by atoms with E-state index in [4.69, 9.17) is 9.47 Å². The van der Waals surface area contributed by atoms with Crippen molar-refractivity contribution in [1.82, 2.24) is 4.90 Å². The largest absolute Gasteiger partial charge is 0.493 e. The van der Waals surface area contributed by atoms with Gasteiger partial charge in [0, 0.05) is 36.7 Å². The molecule has 2 heterocycles. The fraction of sp³-hybridized carbons (Fsp3) is 0.440. The number of hydrogen-bond acceptors (Lipinski definition) is 5. The van der Waals surface area contributed by atoms with Gasteiger partial charge in [0.2, 0.25) is 0 Å². The minimum atomic E-state index is -1.25. The van der Waals surface area contributed by atoms with E-state index in [-0.39, 0.29) is 30.3 Å². The van der Waals surface area contributed by atoms with Gasteiger partial charge < -0.3 is 19.5 Å². The molecule has 0 saturated carbocycles. The molecule has 1 amide bonds. The van der Waals surface area contributed by atoms with Gasteiger partial charge in [0.25, 0.3) is 5.91 Å². The number of piperidine rings is 1. The Morgan fingerprint density at radius 1 is 1.21 bits per heavy atom. The third kappa shape index (κ3) is 5.16. The van der Waals surface area contributed by atoms with E-state index in [2.05, 4.69) is 0 Å². The molecule has 0 radical (unpaired) electrons. The molecule has 0 atom stereocenters. The van der Waals surface area contributed by atoms with E-state index < -0.39 is 23.1 Å². The Bertz CT molecular complexity index is 1070. The first-order chi connectivity index (χ1) is 15.6. The maximum atomic E-state index is 14.5. The highest BCUT2D eigenvalue weighted by Gasteiger charge is 2.29. The Morgan fingerprint density at radius 2 is 1.94 bits per heavy atom. The van der Waals surface area contributed by atoms with Crippen LogP contribution in [0, 0.1) is 17.6 Å². The molecule has 1 fully saturated rings. The molecular formula is C25H27F2NO5. The molecule has 33 heavy (non-hydrogen) atoms. The van der Waals surface area contributed by atoms with Gasteiger partial charge in [-0.05, 0) is 56.9 Å². The number of amides is 1. The molecule has 6 nitrogen and oxygen atoms in total.